The third-order valence-corrected chi connectivity index (χ3v) is 6.63. The van der Waals surface area contributed by atoms with E-state index in [-0.39, 0.29) is 11.5 Å². The Balaban J connectivity index is 1.62. The van der Waals surface area contributed by atoms with E-state index in [0.29, 0.717) is 22.2 Å². The summed E-state index contributed by atoms with van der Waals surface area (Å²) in [4.78, 5) is 29.9. The zero-order valence-corrected chi connectivity index (χ0v) is 15.3. The highest BCUT2D eigenvalue weighted by molar-refractivity contribution is 8.00. The number of nitrogens with one attached hydrogen (secondary N) is 1. The van der Waals surface area contributed by atoms with Gasteiger partial charge in [-0.2, -0.15) is 0 Å². The quantitative estimate of drug-likeness (QED) is 0.665. The molecule has 0 saturated heterocycles. The van der Waals surface area contributed by atoms with E-state index in [1.54, 1.807) is 23.4 Å². The molecular formula is C16H23N3O2S2. The lowest BCUT2D eigenvalue weighted by molar-refractivity contribution is -0.119. The lowest BCUT2D eigenvalue weighted by Gasteiger charge is -2.22. The Kier molecular flexibility index (Phi) is 5.36. The van der Waals surface area contributed by atoms with Crippen LogP contribution in [-0.4, -0.2) is 32.5 Å². The summed E-state index contributed by atoms with van der Waals surface area (Å²) in [5.74, 6) is 0.359. The molecule has 23 heavy (non-hydrogen) atoms. The number of aromatic nitrogens is 2. The molecule has 1 aliphatic carbocycles. The summed E-state index contributed by atoms with van der Waals surface area (Å²) in [6.45, 7) is 2.11. The van der Waals surface area contributed by atoms with E-state index >= 15 is 0 Å². The van der Waals surface area contributed by atoms with Crippen LogP contribution in [0.25, 0.3) is 0 Å². The Morgan fingerprint density at radius 1 is 1.39 bits per heavy atom. The van der Waals surface area contributed by atoms with E-state index in [9.17, 15) is 9.59 Å². The zero-order chi connectivity index (χ0) is 16.4. The predicted molar refractivity (Wildman–Crippen MR) is 94.2 cm³/mol. The molecule has 0 radical (unpaired) electrons. The van der Waals surface area contributed by atoms with Gasteiger partial charge in [-0.1, -0.05) is 37.9 Å². The fourth-order valence-electron chi connectivity index (χ4n) is 3.15. The Hall–Kier alpha value is -0.950. The number of carbonyl (C=O) groups is 1. The number of nitrogens with zero attached hydrogens (tertiary/aromatic N) is 2. The first-order valence-corrected chi connectivity index (χ1v) is 10.1. The fourth-order valence-corrected chi connectivity index (χ4v) is 5.09. The first-order chi connectivity index (χ1) is 11.0. The molecule has 0 spiro atoms. The van der Waals surface area contributed by atoms with Crippen molar-refractivity contribution in [2.75, 3.05) is 5.75 Å². The normalized spacial score (nSPS) is 21.2. The maximum Gasteiger partial charge on any atom is 0.267 e. The third kappa shape index (κ3) is 3.94. The van der Waals surface area contributed by atoms with Crippen LogP contribution in [0.5, 0.6) is 0 Å². The lowest BCUT2D eigenvalue weighted by Crippen LogP contribution is -2.37. The van der Waals surface area contributed by atoms with Crippen molar-refractivity contribution in [1.29, 1.82) is 0 Å². The first-order valence-electron chi connectivity index (χ1n) is 8.23. The summed E-state index contributed by atoms with van der Waals surface area (Å²) in [6.07, 6.45) is 6.68. The minimum absolute atomic E-state index is 0.0135. The van der Waals surface area contributed by atoms with Crippen LogP contribution in [0.15, 0.2) is 14.8 Å². The molecule has 1 aromatic heterocycles. The number of fused-ring (bicyclic) bond motifs is 1. The van der Waals surface area contributed by atoms with Crippen LogP contribution in [-0.2, 0) is 18.3 Å². The Bertz CT molecular complexity index is 653. The van der Waals surface area contributed by atoms with Gasteiger partial charge in [0.1, 0.15) is 0 Å². The molecule has 126 valence electrons. The maximum absolute atomic E-state index is 12.4. The van der Waals surface area contributed by atoms with Crippen molar-refractivity contribution >= 4 is 29.4 Å². The lowest BCUT2D eigenvalue weighted by atomic mass is 9.95. The number of hydrogen-bond acceptors (Lipinski definition) is 5. The highest BCUT2D eigenvalue weighted by Crippen LogP contribution is 2.33. The number of thioether (sulfide) groups is 2. The summed E-state index contributed by atoms with van der Waals surface area (Å²) in [7, 11) is 1.74. The largest absolute Gasteiger partial charge is 0.353 e. The monoisotopic (exact) mass is 353 g/mol. The van der Waals surface area contributed by atoms with Crippen LogP contribution < -0.4 is 10.9 Å². The minimum Gasteiger partial charge on any atom is -0.353 e. The molecule has 0 unspecified atom stereocenters. The average Bonchev–Trinajstić information content (AvgIpc) is 2.91. The van der Waals surface area contributed by atoms with Gasteiger partial charge in [0.05, 0.1) is 16.3 Å². The summed E-state index contributed by atoms with van der Waals surface area (Å²) >= 11 is 2.96. The molecule has 7 heteroatoms. The molecule has 1 aliphatic heterocycles. The second kappa shape index (κ2) is 7.30. The van der Waals surface area contributed by atoms with Gasteiger partial charge in [0.15, 0.2) is 5.16 Å². The highest BCUT2D eigenvalue weighted by atomic mass is 32.2. The van der Waals surface area contributed by atoms with Gasteiger partial charge in [0.25, 0.3) is 5.56 Å². The van der Waals surface area contributed by atoms with Gasteiger partial charge in [-0.05, 0) is 12.8 Å². The van der Waals surface area contributed by atoms with Crippen LogP contribution in [0.4, 0.5) is 0 Å². The van der Waals surface area contributed by atoms with E-state index in [4.69, 9.17) is 0 Å². The molecule has 5 nitrogen and oxygen atoms in total. The summed E-state index contributed by atoms with van der Waals surface area (Å²) in [5.41, 5.74) is 0.903. The van der Waals surface area contributed by atoms with E-state index in [1.165, 1.54) is 31.0 Å². The molecule has 2 aliphatic rings. The molecule has 1 saturated carbocycles. The molecular weight excluding hydrogens is 330 g/mol. The molecule has 2 heterocycles. The van der Waals surface area contributed by atoms with Crippen molar-refractivity contribution in [1.82, 2.24) is 14.9 Å². The maximum atomic E-state index is 12.4. The van der Waals surface area contributed by atoms with E-state index in [2.05, 4.69) is 17.2 Å². The summed E-state index contributed by atoms with van der Waals surface area (Å²) in [5, 5.41) is 4.15. The van der Waals surface area contributed by atoms with Crippen molar-refractivity contribution < 1.29 is 4.79 Å². The smallest absolute Gasteiger partial charge is 0.267 e. The van der Waals surface area contributed by atoms with Crippen molar-refractivity contribution in [3.63, 3.8) is 0 Å². The van der Waals surface area contributed by atoms with Crippen LogP contribution in [0.1, 0.15) is 44.7 Å². The molecule has 1 amide bonds. The van der Waals surface area contributed by atoms with Crippen LogP contribution in [0, 0.1) is 0 Å². The highest BCUT2D eigenvalue weighted by Gasteiger charge is 2.25. The second-order valence-corrected chi connectivity index (χ2v) is 8.75. The van der Waals surface area contributed by atoms with Crippen LogP contribution in [0.3, 0.4) is 0 Å². The van der Waals surface area contributed by atoms with Crippen LogP contribution in [0.2, 0.25) is 0 Å². The van der Waals surface area contributed by atoms with Crippen molar-refractivity contribution in [2.45, 2.75) is 66.8 Å². The van der Waals surface area contributed by atoms with Gasteiger partial charge in [-0.25, -0.2) is 4.98 Å². The van der Waals surface area contributed by atoms with Crippen LogP contribution >= 0.6 is 23.5 Å². The predicted octanol–water partition coefficient (Wildman–Crippen LogP) is 2.36. The van der Waals surface area contributed by atoms with Gasteiger partial charge < -0.3 is 5.32 Å². The van der Waals surface area contributed by atoms with E-state index < -0.39 is 0 Å². The third-order valence-electron chi connectivity index (χ3n) is 4.38. The van der Waals surface area contributed by atoms with Gasteiger partial charge in [-0.15, -0.1) is 11.8 Å². The molecule has 1 fully saturated rings. The topological polar surface area (TPSA) is 64.0 Å². The number of amides is 1. The average molecular weight is 354 g/mol. The molecule has 3 rings (SSSR count). The second-order valence-electron chi connectivity index (χ2n) is 6.36. The summed E-state index contributed by atoms with van der Waals surface area (Å²) in [6, 6.07) is 0.325. The Labute approximate surface area is 145 Å². The molecule has 0 aromatic carbocycles. The van der Waals surface area contributed by atoms with Gasteiger partial charge in [0, 0.05) is 24.8 Å². The minimum atomic E-state index is 0.0135. The SMILES string of the molecule is C[C@H]1Cc2nc(SCC(=O)NC3CCCCC3)n(C)c(=O)c2S1. The van der Waals surface area contributed by atoms with Crippen molar-refractivity contribution in [3.8, 4) is 0 Å². The molecule has 1 N–H and O–H groups in total. The molecule has 1 aromatic rings. The van der Waals surface area contributed by atoms with E-state index in [0.717, 1.165) is 29.9 Å². The van der Waals surface area contributed by atoms with Crippen molar-refractivity contribution in [2.24, 2.45) is 7.05 Å². The van der Waals surface area contributed by atoms with Crippen molar-refractivity contribution in [3.05, 3.63) is 16.0 Å². The fraction of sp³-hybridized carbons (Fsp3) is 0.688. The van der Waals surface area contributed by atoms with Gasteiger partial charge >= 0.3 is 0 Å². The standard InChI is InChI=1S/C16H23N3O2S2/c1-10-8-12-14(23-10)15(21)19(2)16(18-12)22-9-13(20)17-11-6-4-3-5-7-11/h10-11H,3-9H2,1-2H3,(H,17,20)/t10-/m0/s1. The first kappa shape index (κ1) is 16.9. The molecule has 0 bridgehead atoms. The number of rotatable bonds is 4. The summed E-state index contributed by atoms with van der Waals surface area (Å²) < 4.78 is 1.57. The Morgan fingerprint density at radius 2 is 2.13 bits per heavy atom. The molecule has 1 atom stereocenters. The van der Waals surface area contributed by atoms with Gasteiger partial charge in [0.2, 0.25) is 5.91 Å². The number of carbonyl (C=O) groups excluding carboxylic acids is 1. The number of hydrogen-bond donors (Lipinski definition) is 1. The zero-order valence-electron chi connectivity index (χ0n) is 13.6. The Morgan fingerprint density at radius 3 is 2.87 bits per heavy atom. The van der Waals surface area contributed by atoms with E-state index in [1.807, 2.05) is 0 Å². The van der Waals surface area contributed by atoms with Gasteiger partial charge in [-0.3, -0.25) is 14.2 Å².